The fraction of sp³-hybridized carbons (Fsp3) is 0.571. The van der Waals surface area contributed by atoms with E-state index in [4.69, 9.17) is 9.84 Å². The van der Waals surface area contributed by atoms with Crippen LogP contribution in [0.2, 0.25) is 0 Å². The number of ketones is 1. The van der Waals surface area contributed by atoms with Crippen LogP contribution in [0.25, 0.3) is 10.8 Å². The van der Waals surface area contributed by atoms with Gasteiger partial charge in [-0.1, -0.05) is 89.1 Å². The minimum Gasteiger partial charge on any atom is -0.492 e. The quantitative estimate of drug-likeness (QED) is 0.385. The molecule has 1 saturated carbocycles. The lowest BCUT2D eigenvalue weighted by Gasteiger charge is -2.22. The number of rotatable bonds is 10. The maximum absolute atomic E-state index is 11.9. The largest absolute Gasteiger partial charge is 0.492 e. The third kappa shape index (κ3) is 7.96. The van der Waals surface area contributed by atoms with Crippen molar-refractivity contribution in [2.75, 3.05) is 6.61 Å². The summed E-state index contributed by atoms with van der Waals surface area (Å²) in [6, 6.07) is 12.0. The fourth-order valence-corrected chi connectivity index (χ4v) is 4.43. The first kappa shape index (κ1) is 25.9. The number of carbonyl (C=O) groups is 2. The van der Waals surface area contributed by atoms with Crippen molar-refractivity contribution < 1.29 is 19.4 Å². The van der Waals surface area contributed by atoms with E-state index in [2.05, 4.69) is 13.0 Å². The number of ether oxygens (including phenoxy) is 1. The number of hydrogen-bond acceptors (Lipinski definition) is 3. The second kappa shape index (κ2) is 13.9. The van der Waals surface area contributed by atoms with Gasteiger partial charge in [0.05, 0.1) is 18.1 Å². The molecule has 1 unspecified atom stereocenters. The van der Waals surface area contributed by atoms with Crippen molar-refractivity contribution in [3.05, 3.63) is 42.0 Å². The highest BCUT2D eigenvalue weighted by Crippen LogP contribution is 2.32. The average molecular weight is 441 g/mol. The van der Waals surface area contributed by atoms with Gasteiger partial charge in [0.2, 0.25) is 0 Å². The van der Waals surface area contributed by atoms with Crippen LogP contribution in [-0.2, 0) is 4.79 Å². The van der Waals surface area contributed by atoms with Crippen molar-refractivity contribution in [3.63, 3.8) is 0 Å². The first-order chi connectivity index (χ1) is 15.5. The molecule has 0 aromatic heterocycles. The lowest BCUT2D eigenvalue weighted by molar-refractivity contribution is -0.142. The molecule has 0 bridgehead atoms. The minimum absolute atomic E-state index is 0.0680. The maximum atomic E-state index is 11.9. The number of unbranched alkanes of at least 4 members (excludes halogenated alkanes) is 1. The molecule has 32 heavy (non-hydrogen) atoms. The van der Waals surface area contributed by atoms with E-state index in [9.17, 15) is 9.59 Å². The van der Waals surface area contributed by atoms with Gasteiger partial charge < -0.3 is 9.84 Å². The van der Waals surface area contributed by atoms with Crippen LogP contribution in [0.4, 0.5) is 0 Å². The van der Waals surface area contributed by atoms with E-state index in [1.807, 2.05) is 37.3 Å². The number of carboxylic acid groups (broad SMARTS) is 1. The smallest absolute Gasteiger partial charge is 0.306 e. The molecule has 0 spiro atoms. The van der Waals surface area contributed by atoms with Crippen molar-refractivity contribution in [1.82, 2.24) is 0 Å². The molecule has 0 radical (unpaired) electrons. The summed E-state index contributed by atoms with van der Waals surface area (Å²) in [4.78, 5) is 22.3. The van der Waals surface area contributed by atoms with Gasteiger partial charge in [-0.15, -0.1) is 0 Å². The van der Waals surface area contributed by atoms with E-state index in [0.717, 1.165) is 54.5 Å². The molecule has 0 saturated heterocycles. The molecule has 1 fully saturated rings. The molecule has 0 amide bonds. The Morgan fingerprint density at radius 2 is 1.78 bits per heavy atom. The number of Topliss-reactive ketones (excluding diaryl/α,β-unsaturated/α-hetero) is 1. The predicted octanol–water partition coefficient (Wildman–Crippen LogP) is 7.68. The summed E-state index contributed by atoms with van der Waals surface area (Å²) in [7, 11) is 0. The second-order valence-corrected chi connectivity index (χ2v) is 8.95. The first-order valence-corrected chi connectivity index (χ1v) is 12.4. The van der Waals surface area contributed by atoms with Gasteiger partial charge in [-0.25, -0.2) is 0 Å². The van der Waals surface area contributed by atoms with E-state index in [0.29, 0.717) is 12.2 Å². The Kier molecular flexibility index (Phi) is 11.3. The highest BCUT2D eigenvalue weighted by atomic mass is 16.5. The van der Waals surface area contributed by atoms with Crippen molar-refractivity contribution in [3.8, 4) is 5.75 Å². The van der Waals surface area contributed by atoms with E-state index >= 15 is 0 Å². The summed E-state index contributed by atoms with van der Waals surface area (Å²) in [5.41, 5.74) is 0.697. The standard InChI is InChI=1S/C20H24O2.C8H16O2/c1-15(21)18-12-11-17-9-5-6-10-19(17)20(18)22-14-13-16-7-3-2-4-8-16;1-3-5-6-7(4-2)8(9)10/h5-6,9-12,16H,2-4,7-8,13-14H2,1H3;7H,3-6H2,1-2H3,(H,9,10). The molecular formula is C28H40O4. The highest BCUT2D eigenvalue weighted by molar-refractivity contribution is 6.03. The van der Waals surface area contributed by atoms with E-state index in [1.165, 1.54) is 32.1 Å². The summed E-state index contributed by atoms with van der Waals surface area (Å²) in [6.45, 7) is 6.32. The normalized spacial score (nSPS) is 15.0. The zero-order valence-corrected chi connectivity index (χ0v) is 20.1. The van der Waals surface area contributed by atoms with Crippen LogP contribution in [0.3, 0.4) is 0 Å². The minimum atomic E-state index is -0.643. The van der Waals surface area contributed by atoms with Crippen LogP contribution in [-0.4, -0.2) is 23.5 Å². The van der Waals surface area contributed by atoms with Crippen LogP contribution in [0.1, 0.15) is 95.3 Å². The summed E-state index contributed by atoms with van der Waals surface area (Å²) >= 11 is 0. The number of fused-ring (bicyclic) bond motifs is 1. The third-order valence-corrected chi connectivity index (χ3v) is 6.50. The molecule has 4 heteroatoms. The molecule has 2 aromatic carbocycles. The third-order valence-electron chi connectivity index (χ3n) is 6.50. The molecule has 0 aliphatic heterocycles. The zero-order valence-electron chi connectivity index (χ0n) is 20.1. The van der Waals surface area contributed by atoms with Crippen LogP contribution >= 0.6 is 0 Å². The molecular weight excluding hydrogens is 400 g/mol. The molecule has 2 aromatic rings. The molecule has 4 nitrogen and oxygen atoms in total. The van der Waals surface area contributed by atoms with Crippen molar-refractivity contribution in [1.29, 1.82) is 0 Å². The van der Waals surface area contributed by atoms with Gasteiger partial charge in [0.1, 0.15) is 5.75 Å². The second-order valence-electron chi connectivity index (χ2n) is 8.95. The number of aliphatic carboxylic acids is 1. The molecule has 1 N–H and O–H groups in total. The van der Waals surface area contributed by atoms with E-state index in [-0.39, 0.29) is 11.7 Å². The Morgan fingerprint density at radius 1 is 1.06 bits per heavy atom. The Labute approximate surface area is 193 Å². The SMILES string of the molecule is CC(=O)c1ccc2ccccc2c1OCCC1CCCCC1.CCCCC(CC)C(=O)O. The first-order valence-electron chi connectivity index (χ1n) is 12.4. The average Bonchev–Trinajstić information content (AvgIpc) is 2.80. The fourth-order valence-electron chi connectivity index (χ4n) is 4.43. The summed E-state index contributed by atoms with van der Waals surface area (Å²) in [5, 5.41) is 10.8. The Morgan fingerprint density at radius 3 is 2.41 bits per heavy atom. The molecule has 1 aliphatic carbocycles. The Balaban J connectivity index is 0.000000309. The lowest BCUT2D eigenvalue weighted by atomic mass is 9.87. The van der Waals surface area contributed by atoms with Crippen LogP contribution in [0.15, 0.2) is 36.4 Å². The van der Waals surface area contributed by atoms with Gasteiger partial charge in [-0.05, 0) is 43.6 Å². The van der Waals surface area contributed by atoms with Crippen molar-refractivity contribution in [2.24, 2.45) is 11.8 Å². The summed E-state index contributed by atoms with van der Waals surface area (Å²) in [5.74, 6) is 0.875. The van der Waals surface area contributed by atoms with Crippen LogP contribution in [0, 0.1) is 11.8 Å². The Hall–Kier alpha value is -2.36. The Bertz CT molecular complexity index is 852. The van der Waals surface area contributed by atoms with Gasteiger partial charge in [0.25, 0.3) is 0 Å². The molecule has 3 rings (SSSR count). The van der Waals surface area contributed by atoms with Gasteiger partial charge in [-0.2, -0.15) is 0 Å². The number of carbonyl (C=O) groups excluding carboxylic acids is 1. The monoisotopic (exact) mass is 440 g/mol. The van der Waals surface area contributed by atoms with Crippen LogP contribution in [0.5, 0.6) is 5.75 Å². The van der Waals surface area contributed by atoms with Gasteiger partial charge in [0, 0.05) is 5.39 Å². The maximum Gasteiger partial charge on any atom is 0.306 e. The van der Waals surface area contributed by atoms with E-state index in [1.54, 1.807) is 6.92 Å². The molecule has 0 heterocycles. The van der Waals surface area contributed by atoms with Gasteiger partial charge in [-0.3, -0.25) is 9.59 Å². The predicted molar refractivity (Wildman–Crippen MR) is 132 cm³/mol. The van der Waals surface area contributed by atoms with Crippen LogP contribution < -0.4 is 4.74 Å². The van der Waals surface area contributed by atoms with Crippen molar-refractivity contribution in [2.45, 2.75) is 85.0 Å². The lowest BCUT2D eigenvalue weighted by Crippen LogP contribution is -2.12. The highest BCUT2D eigenvalue weighted by Gasteiger charge is 2.16. The zero-order chi connectivity index (χ0) is 23.3. The number of carboxylic acids is 1. The number of benzene rings is 2. The summed E-state index contributed by atoms with van der Waals surface area (Å²) < 4.78 is 6.09. The molecule has 1 aliphatic rings. The topological polar surface area (TPSA) is 63.6 Å². The van der Waals surface area contributed by atoms with E-state index < -0.39 is 5.97 Å². The van der Waals surface area contributed by atoms with Gasteiger partial charge >= 0.3 is 5.97 Å². The number of hydrogen-bond donors (Lipinski definition) is 1. The van der Waals surface area contributed by atoms with Gasteiger partial charge in [0.15, 0.2) is 5.78 Å². The molecule has 176 valence electrons. The summed E-state index contributed by atoms with van der Waals surface area (Å²) in [6.07, 6.45) is 11.6. The van der Waals surface area contributed by atoms with Crippen molar-refractivity contribution >= 4 is 22.5 Å². The molecule has 1 atom stereocenters.